The minimum Gasteiger partial charge on any atom is -0.387 e. The second kappa shape index (κ2) is 4.21. The zero-order chi connectivity index (χ0) is 11.9. The average Bonchev–Trinajstić information content (AvgIpc) is 2.23. The molecule has 4 heteroatoms. The molecule has 0 aliphatic heterocycles. The number of halogens is 2. The topological polar surface area (TPSA) is 33.1 Å². The number of fused-ring (bicyclic) bond motifs is 1. The summed E-state index contributed by atoms with van der Waals surface area (Å²) in [5, 5.41) is 11.4. The van der Waals surface area contributed by atoms with Gasteiger partial charge < -0.3 is 5.11 Å². The summed E-state index contributed by atoms with van der Waals surface area (Å²) in [5.41, 5.74) is 2.28. The van der Waals surface area contributed by atoms with E-state index in [2.05, 4.69) is 4.98 Å². The first kappa shape index (κ1) is 11.6. The van der Waals surface area contributed by atoms with Gasteiger partial charge in [-0.05, 0) is 31.5 Å². The van der Waals surface area contributed by atoms with Crippen molar-refractivity contribution in [1.29, 1.82) is 0 Å². The lowest BCUT2D eigenvalue weighted by Gasteiger charge is -2.10. The summed E-state index contributed by atoms with van der Waals surface area (Å²) in [6, 6.07) is 5.50. The van der Waals surface area contributed by atoms with Crippen molar-refractivity contribution >= 4 is 34.1 Å². The van der Waals surface area contributed by atoms with Gasteiger partial charge in [0.05, 0.1) is 27.4 Å². The molecule has 1 unspecified atom stereocenters. The zero-order valence-electron chi connectivity index (χ0n) is 8.96. The summed E-state index contributed by atoms with van der Waals surface area (Å²) >= 11 is 12.0. The van der Waals surface area contributed by atoms with Crippen molar-refractivity contribution in [3.8, 4) is 0 Å². The average molecular weight is 256 g/mol. The van der Waals surface area contributed by atoms with Gasteiger partial charge in [-0.3, -0.25) is 0 Å². The summed E-state index contributed by atoms with van der Waals surface area (Å²) in [6.07, 6.45) is -0.613. The van der Waals surface area contributed by atoms with Crippen molar-refractivity contribution in [2.75, 3.05) is 0 Å². The van der Waals surface area contributed by atoms with E-state index in [1.165, 1.54) is 0 Å². The Kier molecular flexibility index (Phi) is 3.06. The molecule has 0 aliphatic rings. The van der Waals surface area contributed by atoms with Gasteiger partial charge in [0.15, 0.2) is 0 Å². The fourth-order valence-corrected chi connectivity index (χ4v) is 2.00. The molecule has 1 aromatic carbocycles. The van der Waals surface area contributed by atoms with Crippen LogP contribution in [0.3, 0.4) is 0 Å². The predicted octanol–water partition coefficient (Wildman–Crippen LogP) is 3.90. The molecule has 0 radical (unpaired) electrons. The second-order valence-electron chi connectivity index (χ2n) is 3.80. The van der Waals surface area contributed by atoms with E-state index in [9.17, 15) is 5.11 Å². The minimum absolute atomic E-state index is 0.435. The van der Waals surface area contributed by atoms with Crippen LogP contribution in [0.5, 0.6) is 0 Å². The molecular weight excluding hydrogens is 245 g/mol. The zero-order valence-corrected chi connectivity index (χ0v) is 10.5. The summed E-state index contributed by atoms with van der Waals surface area (Å²) in [6.45, 7) is 3.63. The molecule has 0 spiro atoms. The van der Waals surface area contributed by atoms with Gasteiger partial charge in [0.1, 0.15) is 0 Å². The van der Waals surface area contributed by atoms with Crippen LogP contribution in [0.25, 0.3) is 10.9 Å². The molecule has 0 bridgehead atoms. The fourth-order valence-electron chi connectivity index (χ4n) is 1.64. The number of benzene rings is 1. The maximum Gasteiger partial charge on any atom is 0.0932 e. The molecule has 0 saturated carbocycles. The van der Waals surface area contributed by atoms with Crippen LogP contribution < -0.4 is 0 Å². The first-order chi connectivity index (χ1) is 7.50. The number of aromatic nitrogens is 1. The van der Waals surface area contributed by atoms with Crippen LogP contribution in [0.1, 0.15) is 24.3 Å². The van der Waals surface area contributed by atoms with Crippen molar-refractivity contribution in [1.82, 2.24) is 4.98 Å². The molecule has 1 atom stereocenters. The summed E-state index contributed by atoms with van der Waals surface area (Å²) < 4.78 is 0. The molecule has 0 fully saturated rings. The summed E-state index contributed by atoms with van der Waals surface area (Å²) in [7, 11) is 0. The lowest BCUT2D eigenvalue weighted by atomic mass is 10.1. The van der Waals surface area contributed by atoms with E-state index in [1.807, 2.05) is 19.1 Å². The summed E-state index contributed by atoms with van der Waals surface area (Å²) in [4.78, 5) is 4.33. The van der Waals surface area contributed by atoms with E-state index in [0.29, 0.717) is 21.3 Å². The van der Waals surface area contributed by atoms with Gasteiger partial charge in [-0.2, -0.15) is 0 Å². The number of rotatable bonds is 1. The molecule has 2 rings (SSSR count). The number of aryl methyl sites for hydroxylation is 1. The number of aliphatic hydroxyl groups excluding tert-OH is 1. The summed E-state index contributed by atoms with van der Waals surface area (Å²) in [5.74, 6) is 0. The predicted molar refractivity (Wildman–Crippen MR) is 67.1 cm³/mol. The number of nitrogens with zero attached hydrogens (tertiary/aromatic N) is 1. The van der Waals surface area contributed by atoms with Crippen LogP contribution in [0.15, 0.2) is 18.2 Å². The normalized spacial score (nSPS) is 13.1. The molecule has 16 heavy (non-hydrogen) atoms. The molecule has 0 aliphatic carbocycles. The Labute approximate surface area is 104 Å². The number of pyridine rings is 1. The number of hydrogen-bond donors (Lipinski definition) is 1. The third-order valence-electron chi connectivity index (χ3n) is 2.53. The van der Waals surface area contributed by atoms with Gasteiger partial charge in [-0.1, -0.05) is 29.3 Å². The lowest BCUT2D eigenvalue weighted by Crippen LogP contribution is -1.97. The van der Waals surface area contributed by atoms with Gasteiger partial charge in [0, 0.05) is 5.39 Å². The first-order valence-electron chi connectivity index (χ1n) is 4.94. The minimum atomic E-state index is -0.613. The van der Waals surface area contributed by atoms with Crippen molar-refractivity contribution in [3.05, 3.63) is 39.5 Å². The van der Waals surface area contributed by atoms with Crippen molar-refractivity contribution in [3.63, 3.8) is 0 Å². The van der Waals surface area contributed by atoms with Crippen molar-refractivity contribution in [2.24, 2.45) is 0 Å². The van der Waals surface area contributed by atoms with Crippen LogP contribution in [0, 0.1) is 6.92 Å². The Hall–Kier alpha value is -0.830. The highest BCUT2D eigenvalue weighted by Crippen LogP contribution is 2.32. The molecule has 1 heterocycles. The van der Waals surface area contributed by atoms with Gasteiger partial charge in [0.2, 0.25) is 0 Å². The third-order valence-corrected chi connectivity index (χ3v) is 3.32. The maximum atomic E-state index is 9.53. The molecule has 84 valence electrons. The van der Waals surface area contributed by atoms with Gasteiger partial charge in [-0.15, -0.1) is 0 Å². The Morgan fingerprint density at radius 2 is 2.00 bits per heavy atom. The molecule has 1 N–H and O–H groups in total. The largest absolute Gasteiger partial charge is 0.387 e. The molecule has 0 amide bonds. The lowest BCUT2D eigenvalue weighted by molar-refractivity contribution is 0.194. The third kappa shape index (κ3) is 1.88. The molecular formula is C12H11Cl2NO. The van der Waals surface area contributed by atoms with Crippen LogP contribution in [0.4, 0.5) is 0 Å². The highest BCUT2D eigenvalue weighted by molar-refractivity contribution is 6.45. The maximum absolute atomic E-state index is 9.53. The molecule has 2 aromatic rings. The standard InChI is InChI=1S/C12H11Cl2NO/c1-6-5-10(7(2)16)15-12-8(6)3-4-9(13)11(12)14/h3-5,7,16H,1-2H3. The first-order valence-corrected chi connectivity index (χ1v) is 5.69. The van der Waals surface area contributed by atoms with Gasteiger partial charge in [-0.25, -0.2) is 4.98 Å². The van der Waals surface area contributed by atoms with E-state index < -0.39 is 6.10 Å². The van der Waals surface area contributed by atoms with Crippen LogP contribution in [-0.2, 0) is 0 Å². The van der Waals surface area contributed by atoms with Crippen LogP contribution in [0.2, 0.25) is 10.0 Å². The van der Waals surface area contributed by atoms with E-state index in [0.717, 1.165) is 10.9 Å². The Bertz CT molecular complexity index is 552. The highest BCUT2D eigenvalue weighted by Gasteiger charge is 2.11. The van der Waals surface area contributed by atoms with Crippen molar-refractivity contribution < 1.29 is 5.11 Å². The molecule has 1 aromatic heterocycles. The Morgan fingerprint density at radius 1 is 1.31 bits per heavy atom. The van der Waals surface area contributed by atoms with E-state index in [4.69, 9.17) is 23.2 Å². The van der Waals surface area contributed by atoms with Crippen molar-refractivity contribution in [2.45, 2.75) is 20.0 Å². The second-order valence-corrected chi connectivity index (χ2v) is 4.58. The fraction of sp³-hybridized carbons (Fsp3) is 0.250. The van der Waals surface area contributed by atoms with E-state index in [-0.39, 0.29) is 0 Å². The Balaban J connectivity index is 2.83. The highest BCUT2D eigenvalue weighted by atomic mass is 35.5. The van der Waals surface area contributed by atoms with Crippen LogP contribution >= 0.6 is 23.2 Å². The van der Waals surface area contributed by atoms with E-state index in [1.54, 1.807) is 13.0 Å². The Morgan fingerprint density at radius 3 is 2.62 bits per heavy atom. The van der Waals surface area contributed by atoms with Gasteiger partial charge >= 0.3 is 0 Å². The van der Waals surface area contributed by atoms with E-state index >= 15 is 0 Å². The number of aliphatic hydroxyl groups is 1. The smallest absolute Gasteiger partial charge is 0.0932 e. The van der Waals surface area contributed by atoms with Gasteiger partial charge in [0.25, 0.3) is 0 Å². The monoisotopic (exact) mass is 255 g/mol. The molecule has 2 nitrogen and oxygen atoms in total. The SMILES string of the molecule is Cc1cc(C(C)O)nc2c(Cl)c(Cl)ccc12. The molecule has 0 saturated heterocycles. The van der Waals surface area contributed by atoms with Crippen LogP contribution in [-0.4, -0.2) is 10.1 Å². The number of hydrogen-bond acceptors (Lipinski definition) is 2. The quantitative estimate of drug-likeness (QED) is 0.839.